The summed E-state index contributed by atoms with van der Waals surface area (Å²) < 4.78 is 0. The Morgan fingerprint density at radius 3 is 2.05 bits per heavy atom. The zero-order valence-electron chi connectivity index (χ0n) is 23.2. The monoisotopic (exact) mass is 601 g/mol. The number of benzene rings is 2. The van der Waals surface area contributed by atoms with E-state index < -0.39 is 48.4 Å². The molecule has 10 N–H and O–H groups in total. The number of carboxylic acid groups (broad SMARTS) is 1. The first-order valence-corrected chi connectivity index (χ1v) is 14.0. The molecule has 3 atom stereocenters. The molecule has 14 heteroatoms. The van der Waals surface area contributed by atoms with Gasteiger partial charge < -0.3 is 42.9 Å². The second kappa shape index (κ2) is 18.2. The van der Waals surface area contributed by atoms with Crippen LogP contribution in [0.15, 0.2) is 59.6 Å². The third kappa shape index (κ3) is 12.9. The van der Waals surface area contributed by atoms with Crippen LogP contribution in [0.1, 0.15) is 24.0 Å². The Balaban J connectivity index is 2.24. The van der Waals surface area contributed by atoms with Crippen molar-refractivity contribution >= 4 is 42.3 Å². The zero-order chi connectivity index (χ0) is 30.9. The molecule has 0 unspecified atom stereocenters. The number of hydrogen-bond donors (Lipinski definition) is 9. The third-order valence-electron chi connectivity index (χ3n) is 6.10. The standard InChI is InChI=1S/C28H39N7O6S/c29-28(30)32-12-4-7-21(34-27(41)22(31-13-14-42)15-19-8-10-20(36)11-9-19)26(40)35-23(25(39)33-17-24(37)38)16-18-5-2-1-3-6-18/h1-3,5-6,8-11,21-23,31,36,42H,4,7,12-17H2,(H,33,39)(H,34,41)(H,35,40)(H,37,38)(H4,29,30,32)/t21-,22-,23-/m0/s1. The number of carbonyl (C=O) groups is 4. The number of phenols is 1. The van der Waals surface area contributed by atoms with Crippen LogP contribution in [0.5, 0.6) is 5.75 Å². The number of phenolic OH excluding ortho intramolecular Hbond substituents is 1. The van der Waals surface area contributed by atoms with Crippen molar-refractivity contribution in [1.82, 2.24) is 21.3 Å². The molecule has 0 spiro atoms. The molecule has 0 bridgehead atoms. The average molecular weight is 602 g/mol. The highest BCUT2D eigenvalue weighted by Gasteiger charge is 2.29. The van der Waals surface area contributed by atoms with E-state index in [9.17, 15) is 24.3 Å². The second-order valence-corrected chi connectivity index (χ2v) is 9.92. The molecule has 3 amide bonds. The molecule has 2 aromatic rings. The van der Waals surface area contributed by atoms with Crippen molar-refractivity contribution in [3.8, 4) is 5.75 Å². The van der Waals surface area contributed by atoms with Crippen molar-refractivity contribution in [2.75, 3.05) is 25.4 Å². The Morgan fingerprint density at radius 1 is 0.833 bits per heavy atom. The quantitative estimate of drug-likeness (QED) is 0.0455. The van der Waals surface area contributed by atoms with Crippen LogP contribution in [-0.4, -0.2) is 83.4 Å². The molecule has 0 aliphatic heterocycles. The Labute approximate surface area is 249 Å². The Morgan fingerprint density at radius 2 is 1.43 bits per heavy atom. The first-order chi connectivity index (χ1) is 20.1. The first kappa shape index (κ1) is 33.9. The Bertz CT molecular complexity index is 1190. The van der Waals surface area contributed by atoms with Gasteiger partial charge in [-0.3, -0.25) is 24.2 Å². The number of aliphatic carboxylic acids is 1. The van der Waals surface area contributed by atoms with E-state index in [0.717, 1.165) is 11.1 Å². The van der Waals surface area contributed by atoms with Crippen LogP contribution in [0.3, 0.4) is 0 Å². The van der Waals surface area contributed by atoms with Gasteiger partial charge in [0.25, 0.3) is 0 Å². The van der Waals surface area contributed by atoms with Crippen molar-refractivity contribution in [3.05, 3.63) is 65.7 Å². The summed E-state index contributed by atoms with van der Waals surface area (Å²) in [7, 11) is 0. The second-order valence-electron chi connectivity index (χ2n) is 9.47. The minimum atomic E-state index is -1.23. The number of guanidine groups is 1. The van der Waals surface area contributed by atoms with Gasteiger partial charge in [-0.25, -0.2) is 0 Å². The van der Waals surface area contributed by atoms with Gasteiger partial charge >= 0.3 is 5.97 Å². The highest BCUT2D eigenvalue weighted by atomic mass is 32.1. The van der Waals surface area contributed by atoms with Crippen LogP contribution in [0.2, 0.25) is 0 Å². The van der Waals surface area contributed by atoms with Gasteiger partial charge in [0, 0.05) is 25.3 Å². The number of thiol groups is 1. The van der Waals surface area contributed by atoms with Crippen molar-refractivity contribution in [2.45, 2.75) is 43.8 Å². The summed E-state index contributed by atoms with van der Waals surface area (Å²) in [6, 6.07) is 12.5. The summed E-state index contributed by atoms with van der Waals surface area (Å²) in [4.78, 5) is 54.7. The molecule has 228 valence electrons. The SMILES string of the molecule is NC(N)=NCCC[C@H](NC(=O)[C@H](Cc1ccc(O)cc1)NCCS)C(=O)N[C@@H](Cc1ccccc1)C(=O)NCC(=O)O. The molecule has 42 heavy (non-hydrogen) atoms. The molecule has 0 radical (unpaired) electrons. The summed E-state index contributed by atoms with van der Waals surface area (Å²) in [5.41, 5.74) is 12.3. The van der Waals surface area contributed by atoms with Gasteiger partial charge in [-0.1, -0.05) is 42.5 Å². The molecule has 0 heterocycles. The fourth-order valence-electron chi connectivity index (χ4n) is 4.03. The summed E-state index contributed by atoms with van der Waals surface area (Å²) in [6.45, 7) is 0.0152. The summed E-state index contributed by atoms with van der Waals surface area (Å²) in [5.74, 6) is -2.54. The van der Waals surface area contributed by atoms with E-state index in [-0.39, 0.29) is 37.5 Å². The Hall–Kier alpha value is -4.30. The van der Waals surface area contributed by atoms with Crippen molar-refractivity contribution in [3.63, 3.8) is 0 Å². The maximum atomic E-state index is 13.5. The van der Waals surface area contributed by atoms with E-state index in [4.69, 9.17) is 16.6 Å². The predicted molar refractivity (Wildman–Crippen MR) is 162 cm³/mol. The number of amides is 3. The van der Waals surface area contributed by atoms with Crippen molar-refractivity contribution in [1.29, 1.82) is 0 Å². The molecule has 0 aliphatic rings. The van der Waals surface area contributed by atoms with Gasteiger partial charge in [-0.15, -0.1) is 0 Å². The van der Waals surface area contributed by atoms with E-state index in [2.05, 4.69) is 38.9 Å². The molecule has 0 saturated carbocycles. The molecule has 0 aromatic heterocycles. The number of aliphatic imine (C=N–C) groups is 1. The van der Waals surface area contributed by atoms with E-state index in [1.54, 1.807) is 42.5 Å². The number of nitrogens with one attached hydrogen (secondary N) is 4. The molecular formula is C28H39N7O6S. The van der Waals surface area contributed by atoms with E-state index in [1.165, 1.54) is 12.1 Å². The number of carboxylic acids is 1. The summed E-state index contributed by atoms with van der Waals surface area (Å²) >= 11 is 4.21. The fourth-order valence-corrected chi connectivity index (χ4v) is 4.16. The summed E-state index contributed by atoms with van der Waals surface area (Å²) in [6.07, 6.45) is 0.870. The number of nitrogens with zero attached hydrogens (tertiary/aromatic N) is 1. The highest BCUT2D eigenvalue weighted by Crippen LogP contribution is 2.12. The van der Waals surface area contributed by atoms with Crippen LogP contribution in [-0.2, 0) is 32.0 Å². The number of carbonyl (C=O) groups excluding carboxylic acids is 3. The van der Waals surface area contributed by atoms with Crippen LogP contribution < -0.4 is 32.7 Å². The third-order valence-corrected chi connectivity index (χ3v) is 6.33. The van der Waals surface area contributed by atoms with Gasteiger partial charge in [-0.05, 0) is 42.5 Å². The molecule has 0 aliphatic carbocycles. The molecular weight excluding hydrogens is 562 g/mol. The topological polar surface area (TPSA) is 221 Å². The normalized spacial score (nSPS) is 12.8. The number of nitrogens with two attached hydrogens (primary N) is 2. The lowest BCUT2D eigenvalue weighted by Crippen LogP contribution is -2.57. The van der Waals surface area contributed by atoms with E-state index >= 15 is 0 Å². The van der Waals surface area contributed by atoms with Crippen molar-refractivity contribution < 1.29 is 29.4 Å². The number of rotatable bonds is 18. The van der Waals surface area contributed by atoms with E-state index in [0.29, 0.717) is 18.7 Å². The molecule has 0 saturated heterocycles. The average Bonchev–Trinajstić information content (AvgIpc) is 2.96. The fraction of sp³-hybridized carbons (Fsp3) is 0.393. The summed E-state index contributed by atoms with van der Waals surface area (Å²) in [5, 5.41) is 29.5. The minimum absolute atomic E-state index is 0.0954. The Kier molecular flexibility index (Phi) is 14.7. The van der Waals surface area contributed by atoms with Gasteiger partial charge in [0.05, 0.1) is 6.04 Å². The lowest BCUT2D eigenvalue weighted by molar-refractivity contribution is -0.138. The van der Waals surface area contributed by atoms with Crippen molar-refractivity contribution in [2.24, 2.45) is 16.5 Å². The highest BCUT2D eigenvalue weighted by molar-refractivity contribution is 7.80. The lowest BCUT2D eigenvalue weighted by atomic mass is 10.0. The van der Waals surface area contributed by atoms with E-state index in [1.807, 2.05) is 0 Å². The largest absolute Gasteiger partial charge is 0.508 e. The van der Waals surface area contributed by atoms with Gasteiger partial charge in [0.1, 0.15) is 24.4 Å². The predicted octanol–water partition coefficient (Wildman–Crippen LogP) is -0.711. The number of aromatic hydroxyl groups is 1. The van der Waals surface area contributed by atoms with Gasteiger partial charge in [-0.2, -0.15) is 12.6 Å². The molecule has 13 nitrogen and oxygen atoms in total. The molecule has 2 rings (SSSR count). The minimum Gasteiger partial charge on any atom is -0.508 e. The molecule has 2 aromatic carbocycles. The maximum Gasteiger partial charge on any atom is 0.322 e. The zero-order valence-corrected chi connectivity index (χ0v) is 24.1. The van der Waals surface area contributed by atoms with Crippen LogP contribution in [0.25, 0.3) is 0 Å². The van der Waals surface area contributed by atoms with Crippen LogP contribution in [0.4, 0.5) is 0 Å². The van der Waals surface area contributed by atoms with Crippen LogP contribution in [0, 0.1) is 0 Å². The molecule has 0 fully saturated rings. The van der Waals surface area contributed by atoms with Gasteiger partial charge in [0.2, 0.25) is 17.7 Å². The van der Waals surface area contributed by atoms with Gasteiger partial charge in [0.15, 0.2) is 5.96 Å². The first-order valence-electron chi connectivity index (χ1n) is 13.4. The lowest BCUT2D eigenvalue weighted by Gasteiger charge is -2.25. The maximum absolute atomic E-state index is 13.5. The number of hydrogen-bond acceptors (Lipinski definition) is 8. The smallest absolute Gasteiger partial charge is 0.322 e. The van der Waals surface area contributed by atoms with Crippen LogP contribution >= 0.6 is 12.6 Å².